The highest BCUT2D eigenvalue weighted by molar-refractivity contribution is 5.72. The lowest BCUT2D eigenvalue weighted by atomic mass is 10.1. The maximum atomic E-state index is 11.3. The van der Waals surface area contributed by atoms with Crippen LogP contribution in [-0.4, -0.2) is 25.6 Å². The first-order valence-electron chi connectivity index (χ1n) is 5.52. The fourth-order valence-electron chi connectivity index (χ4n) is 1.75. The molecule has 19 heavy (non-hydrogen) atoms. The van der Waals surface area contributed by atoms with E-state index in [1.807, 2.05) is 18.2 Å². The van der Waals surface area contributed by atoms with Crippen molar-refractivity contribution in [3.63, 3.8) is 0 Å². The predicted octanol–water partition coefficient (Wildman–Crippen LogP) is 1.66. The van der Waals surface area contributed by atoms with Crippen LogP contribution < -0.4 is 0 Å². The average molecular weight is 261 g/mol. The first-order valence-corrected chi connectivity index (χ1v) is 5.52. The summed E-state index contributed by atoms with van der Waals surface area (Å²) in [7, 11) is 0. The Morgan fingerprint density at radius 2 is 2.11 bits per heavy atom. The van der Waals surface area contributed by atoms with Crippen molar-refractivity contribution in [3.8, 4) is 0 Å². The highest BCUT2D eigenvalue weighted by atomic mass is 16.6. The molecule has 0 radical (unpaired) electrons. The minimum Gasteiger partial charge on any atom is -0.480 e. The van der Waals surface area contributed by atoms with Gasteiger partial charge >= 0.3 is 11.8 Å². The van der Waals surface area contributed by atoms with Gasteiger partial charge in [-0.25, -0.2) is 4.79 Å². The number of hydrogen-bond acceptors (Lipinski definition) is 4. The third-order valence-electron chi connectivity index (χ3n) is 2.69. The molecular formula is C12H11N3O4. The predicted molar refractivity (Wildman–Crippen MR) is 65.7 cm³/mol. The first-order chi connectivity index (χ1) is 9.08. The van der Waals surface area contributed by atoms with Crippen LogP contribution in [0, 0.1) is 10.1 Å². The summed E-state index contributed by atoms with van der Waals surface area (Å²) in [6, 6.07) is 8.16. The summed E-state index contributed by atoms with van der Waals surface area (Å²) in [4.78, 5) is 24.7. The largest absolute Gasteiger partial charge is 0.480 e. The number of rotatable bonds is 5. The molecule has 1 atom stereocenters. The van der Waals surface area contributed by atoms with Crippen LogP contribution in [0.25, 0.3) is 0 Å². The van der Waals surface area contributed by atoms with Crippen molar-refractivity contribution in [2.75, 3.05) is 0 Å². The van der Waals surface area contributed by atoms with E-state index in [4.69, 9.17) is 0 Å². The van der Waals surface area contributed by atoms with Crippen LogP contribution >= 0.6 is 0 Å². The van der Waals surface area contributed by atoms with E-state index in [-0.39, 0.29) is 12.2 Å². The maximum absolute atomic E-state index is 11.3. The molecule has 0 spiro atoms. The van der Waals surface area contributed by atoms with E-state index in [9.17, 15) is 20.0 Å². The molecule has 0 aliphatic heterocycles. The van der Waals surface area contributed by atoms with Gasteiger partial charge in [0.2, 0.25) is 6.33 Å². The SMILES string of the molecule is O=C(O)C(Cc1ccccc1)n1cnc([N+](=O)[O-])c1. The van der Waals surface area contributed by atoms with Gasteiger partial charge in [-0.2, -0.15) is 0 Å². The van der Waals surface area contributed by atoms with Gasteiger partial charge in [-0.05, 0) is 15.5 Å². The summed E-state index contributed by atoms with van der Waals surface area (Å²) in [6.45, 7) is 0. The van der Waals surface area contributed by atoms with Crippen LogP contribution in [0.2, 0.25) is 0 Å². The molecule has 2 aromatic rings. The number of nitro groups is 1. The minimum absolute atomic E-state index is 0.240. The van der Waals surface area contributed by atoms with Gasteiger partial charge in [0.05, 0.1) is 0 Å². The highest BCUT2D eigenvalue weighted by Gasteiger charge is 2.23. The molecule has 0 fully saturated rings. The smallest absolute Gasteiger partial charge is 0.381 e. The van der Waals surface area contributed by atoms with Crippen molar-refractivity contribution < 1.29 is 14.8 Å². The number of nitrogens with zero attached hydrogens (tertiary/aromatic N) is 3. The van der Waals surface area contributed by atoms with Crippen molar-refractivity contribution in [2.45, 2.75) is 12.5 Å². The maximum Gasteiger partial charge on any atom is 0.381 e. The summed E-state index contributed by atoms with van der Waals surface area (Å²) in [5.41, 5.74) is 0.839. The van der Waals surface area contributed by atoms with Crippen LogP contribution in [0.15, 0.2) is 42.9 Å². The molecule has 0 amide bonds. The lowest BCUT2D eigenvalue weighted by Crippen LogP contribution is -2.20. The van der Waals surface area contributed by atoms with Crippen molar-refractivity contribution >= 4 is 11.8 Å². The first kappa shape index (κ1) is 12.7. The van der Waals surface area contributed by atoms with Crippen LogP contribution in [0.5, 0.6) is 0 Å². The monoisotopic (exact) mass is 261 g/mol. The number of aromatic nitrogens is 2. The normalized spacial score (nSPS) is 12.0. The average Bonchev–Trinajstić information content (AvgIpc) is 2.86. The molecule has 0 aliphatic carbocycles. The zero-order valence-corrected chi connectivity index (χ0v) is 9.84. The molecule has 7 nitrogen and oxygen atoms in total. The van der Waals surface area contributed by atoms with Gasteiger partial charge in [0.1, 0.15) is 12.2 Å². The van der Waals surface area contributed by atoms with Crippen LogP contribution in [0.1, 0.15) is 11.6 Å². The second kappa shape index (κ2) is 5.30. The van der Waals surface area contributed by atoms with E-state index in [2.05, 4.69) is 4.98 Å². The van der Waals surface area contributed by atoms with E-state index in [1.165, 1.54) is 10.9 Å². The van der Waals surface area contributed by atoms with Crippen molar-refractivity contribution in [1.82, 2.24) is 9.55 Å². The Kier molecular flexibility index (Phi) is 3.56. The fraction of sp³-hybridized carbons (Fsp3) is 0.167. The number of carboxylic acid groups (broad SMARTS) is 1. The number of benzene rings is 1. The van der Waals surface area contributed by atoms with E-state index >= 15 is 0 Å². The van der Waals surface area contributed by atoms with E-state index in [0.29, 0.717) is 0 Å². The molecule has 98 valence electrons. The Balaban J connectivity index is 2.25. The molecule has 0 saturated heterocycles. The van der Waals surface area contributed by atoms with Gasteiger partial charge in [-0.15, -0.1) is 0 Å². The van der Waals surface area contributed by atoms with Gasteiger partial charge in [-0.3, -0.25) is 4.57 Å². The highest BCUT2D eigenvalue weighted by Crippen LogP contribution is 2.17. The zero-order chi connectivity index (χ0) is 13.8. The quantitative estimate of drug-likeness (QED) is 0.651. The fourth-order valence-corrected chi connectivity index (χ4v) is 1.75. The number of hydrogen-bond donors (Lipinski definition) is 1. The van der Waals surface area contributed by atoms with Crippen molar-refractivity contribution in [2.24, 2.45) is 0 Å². The third-order valence-corrected chi connectivity index (χ3v) is 2.69. The Hall–Kier alpha value is -2.70. The third kappa shape index (κ3) is 2.95. The summed E-state index contributed by atoms with van der Waals surface area (Å²) in [6.07, 6.45) is 2.53. The number of aliphatic carboxylic acids is 1. The lowest BCUT2D eigenvalue weighted by Gasteiger charge is -2.12. The van der Waals surface area contributed by atoms with E-state index in [1.54, 1.807) is 12.1 Å². The van der Waals surface area contributed by atoms with Crippen molar-refractivity contribution in [3.05, 3.63) is 58.5 Å². The summed E-state index contributed by atoms with van der Waals surface area (Å²) >= 11 is 0. The Labute approximate surface area is 108 Å². The number of imidazole rings is 1. The number of carbonyl (C=O) groups is 1. The molecular weight excluding hydrogens is 250 g/mol. The molecule has 1 unspecified atom stereocenters. The van der Waals surface area contributed by atoms with E-state index in [0.717, 1.165) is 11.8 Å². The van der Waals surface area contributed by atoms with Crippen LogP contribution in [0.3, 0.4) is 0 Å². The molecule has 2 rings (SSSR count). The molecule has 1 aromatic heterocycles. The van der Waals surface area contributed by atoms with Gasteiger partial charge in [-0.1, -0.05) is 30.3 Å². The van der Waals surface area contributed by atoms with E-state index < -0.39 is 16.9 Å². The molecule has 0 aliphatic rings. The summed E-state index contributed by atoms with van der Waals surface area (Å²) < 4.78 is 1.24. The Morgan fingerprint density at radius 3 is 2.63 bits per heavy atom. The summed E-state index contributed by atoms with van der Waals surface area (Å²) in [5, 5.41) is 19.8. The topological polar surface area (TPSA) is 98.3 Å². The Morgan fingerprint density at radius 1 is 1.42 bits per heavy atom. The van der Waals surface area contributed by atoms with Gasteiger partial charge in [0.15, 0.2) is 0 Å². The van der Waals surface area contributed by atoms with Crippen molar-refractivity contribution in [1.29, 1.82) is 0 Å². The molecule has 7 heteroatoms. The zero-order valence-electron chi connectivity index (χ0n) is 9.84. The standard InChI is InChI=1S/C12H11N3O4/c16-12(17)10(6-9-4-2-1-3-5-9)14-7-11(13-8-14)15(18)19/h1-5,7-8,10H,6H2,(H,16,17). The summed E-state index contributed by atoms with van der Waals surface area (Å²) in [5.74, 6) is -1.42. The van der Waals surface area contributed by atoms with Gasteiger partial charge < -0.3 is 15.2 Å². The lowest BCUT2D eigenvalue weighted by molar-refractivity contribution is -0.389. The van der Waals surface area contributed by atoms with Crippen LogP contribution in [0.4, 0.5) is 5.82 Å². The second-order valence-electron chi connectivity index (χ2n) is 3.98. The van der Waals surface area contributed by atoms with Gasteiger partial charge in [0, 0.05) is 6.42 Å². The van der Waals surface area contributed by atoms with Crippen LogP contribution in [-0.2, 0) is 11.2 Å². The van der Waals surface area contributed by atoms with Gasteiger partial charge in [0.25, 0.3) is 0 Å². The molecule has 1 N–H and O–H groups in total. The molecule has 0 bridgehead atoms. The molecule has 1 heterocycles. The number of carboxylic acids is 1. The Bertz CT molecular complexity index is 594. The molecule has 1 aromatic carbocycles. The minimum atomic E-state index is -1.06. The second-order valence-corrected chi connectivity index (χ2v) is 3.98. The molecule has 0 saturated carbocycles.